The average molecular weight is 255 g/mol. The van der Waals surface area contributed by atoms with Crippen LogP contribution in [0, 0.1) is 0 Å². The Bertz CT molecular complexity index is 399. The van der Waals surface area contributed by atoms with Gasteiger partial charge in [-0.3, -0.25) is 9.59 Å². The fourth-order valence-electron chi connectivity index (χ4n) is 1.37. The molecule has 0 spiro atoms. The van der Waals surface area contributed by atoms with Crippen molar-refractivity contribution in [3.63, 3.8) is 0 Å². The molecule has 0 unspecified atom stereocenters. The van der Waals surface area contributed by atoms with E-state index in [0.29, 0.717) is 23.8 Å². The Hall–Kier alpha value is -1.55. The van der Waals surface area contributed by atoms with Crippen LogP contribution in [0.4, 0.5) is 5.69 Å². The highest BCUT2D eigenvalue weighted by Crippen LogP contribution is 2.13. The summed E-state index contributed by atoms with van der Waals surface area (Å²) in [5.41, 5.74) is 0.555. The number of carbonyl (C=O) groups excluding carboxylic acids is 2. The maximum atomic E-state index is 11.7. The first-order valence-corrected chi connectivity index (χ1v) is 5.82. The average Bonchev–Trinajstić information content (AvgIpc) is 2.33. The lowest BCUT2D eigenvalue weighted by Gasteiger charge is -2.17. The second-order valence-corrected chi connectivity index (χ2v) is 3.87. The fourth-order valence-corrected chi connectivity index (χ4v) is 1.50. The third-order valence-corrected chi connectivity index (χ3v) is 2.60. The molecule has 0 bridgehead atoms. The molecule has 1 rings (SSSR count). The number of amides is 2. The standard InChI is InChI=1S/C12H15ClN2O2/c1-3-15(4-2)12(17)11(16)14-10-7-5-9(13)6-8-10/h5-8H,3-4H2,1-2H3,(H,14,16). The topological polar surface area (TPSA) is 49.4 Å². The van der Waals surface area contributed by atoms with Crippen LogP contribution in [0.5, 0.6) is 0 Å². The summed E-state index contributed by atoms with van der Waals surface area (Å²) in [6.45, 7) is 4.70. The van der Waals surface area contributed by atoms with Gasteiger partial charge >= 0.3 is 11.8 Å². The van der Waals surface area contributed by atoms with Crippen LogP contribution in [0.25, 0.3) is 0 Å². The summed E-state index contributed by atoms with van der Waals surface area (Å²) < 4.78 is 0. The second kappa shape index (κ2) is 6.25. The lowest BCUT2D eigenvalue weighted by molar-refractivity contribution is -0.142. The van der Waals surface area contributed by atoms with Gasteiger partial charge in [0.15, 0.2) is 0 Å². The number of anilines is 1. The summed E-state index contributed by atoms with van der Waals surface area (Å²) in [5.74, 6) is -1.15. The molecule has 0 saturated carbocycles. The van der Waals surface area contributed by atoms with Gasteiger partial charge in [0.2, 0.25) is 0 Å². The van der Waals surface area contributed by atoms with Crippen LogP contribution >= 0.6 is 11.6 Å². The Kier molecular flexibility index (Phi) is 4.97. The van der Waals surface area contributed by atoms with Crippen molar-refractivity contribution in [1.29, 1.82) is 0 Å². The van der Waals surface area contributed by atoms with Gasteiger partial charge in [-0.25, -0.2) is 0 Å². The molecule has 2 amide bonds. The zero-order chi connectivity index (χ0) is 12.8. The number of hydrogen-bond donors (Lipinski definition) is 1. The first kappa shape index (κ1) is 13.5. The molecule has 17 heavy (non-hydrogen) atoms. The van der Waals surface area contributed by atoms with Crippen LogP contribution in [0.15, 0.2) is 24.3 Å². The van der Waals surface area contributed by atoms with E-state index in [1.165, 1.54) is 4.90 Å². The van der Waals surface area contributed by atoms with Crippen LogP contribution in [0.2, 0.25) is 5.02 Å². The highest BCUT2D eigenvalue weighted by molar-refractivity contribution is 6.39. The van der Waals surface area contributed by atoms with Crippen LogP contribution in [-0.4, -0.2) is 29.8 Å². The second-order valence-electron chi connectivity index (χ2n) is 3.44. The molecule has 1 aromatic carbocycles. The lowest BCUT2D eigenvalue weighted by Crippen LogP contribution is -2.39. The molecule has 5 heteroatoms. The fraction of sp³-hybridized carbons (Fsp3) is 0.333. The molecule has 4 nitrogen and oxygen atoms in total. The maximum Gasteiger partial charge on any atom is 0.313 e. The molecule has 1 N–H and O–H groups in total. The van der Waals surface area contributed by atoms with Crippen LogP contribution < -0.4 is 5.32 Å². The van der Waals surface area contributed by atoms with Gasteiger partial charge in [0, 0.05) is 23.8 Å². The summed E-state index contributed by atoms with van der Waals surface area (Å²) in [4.78, 5) is 24.7. The van der Waals surface area contributed by atoms with E-state index in [0.717, 1.165) is 0 Å². The number of likely N-dealkylation sites (N-methyl/N-ethyl adjacent to an activating group) is 1. The molecule has 0 atom stereocenters. The predicted octanol–water partition coefficient (Wildman–Crippen LogP) is 2.15. The summed E-state index contributed by atoms with van der Waals surface area (Å²) in [7, 11) is 0. The Morgan fingerprint density at radius 2 is 1.71 bits per heavy atom. The Morgan fingerprint density at radius 3 is 2.18 bits per heavy atom. The summed E-state index contributed by atoms with van der Waals surface area (Å²) in [6, 6.07) is 6.60. The van der Waals surface area contributed by atoms with E-state index < -0.39 is 11.8 Å². The van der Waals surface area contributed by atoms with Crippen molar-refractivity contribution in [2.24, 2.45) is 0 Å². The van der Waals surface area contributed by atoms with E-state index in [1.807, 2.05) is 13.8 Å². The molecule has 0 radical (unpaired) electrons. The van der Waals surface area contributed by atoms with Gasteiger partial charge in [-0.05, 0) is 38.1 Å². The van der Waals surface area contributed by atoms with Crippen LogP contribution in [-0.2, 0) is 9.59 Å². The molecule has 1 aromatic rings. The van der Waals surface area contributed by atoms with Gasteiger partial charge in [-0.2, -0.15) is 0 Å². The molecule has 92 valence electrons. The predicted molar refractivity (Wildman–Crippen MR) is 68.0 cm³/mol. The highest BCUT2D eigenvalue weighted by atomic mass is 35.5. The lowest BCUT2D eigenvalue weighted by atomic mass is 10.3. The summed E-state index contributed by atoms with van der Waals surface area (Å²) in [5, 5.41) is 3.11. The minimum absolute atomic E-state index is 0.517. The minimum atomic E-state index is -0.629. The van der Waals surface area contributed by atoms with E-state index in [2.05, 4.69) is 5.32 Å². The number of benzene rings is 1. The van der Waals surface area contributed by atoms with E-state index in [1.54, 1.807) is 24.3 Å². The summed E-state index contributed by atoms with van der Waals surface area (Å²) in [6.07, 6.45) is 0. The van der Waals surface area contributed by atoms with E-state index in [-0.39, 0.29) is 0 Å². The van der Waals surface area contributed by atoms with Gasteiger partial charge in [0.25, 0.3) is 0 Å². The molecule has 0 saturated heterocycles. The monoisotopic (exact) mass is 254 g/mol. The smallest absolute Gasteiger partial charge is 0.313 e. The van der Waals surface area contributed by atoms with E-state index in [9.17, 15) is 9.59 Å². The quantitative estimate of drug-likeness (QED) is 0.841. The normalized spacial score (nSPS) is 9.82. The van der Waals surface area contributed by atoms with Crippen molar-refractivity contribution in [2.45, 2.75) is 13.8 Å². The number of rotatable bonds is 3. The van der Waals surface area contributed by atoms with Crippen molar-refractivity contribution in [2.75, 3.05) is 18.4 Å². The third kappa shape index (κ3) is 3.75. The SMILES string of the molecule is CCN(CC)C(=O)C(=O)Nc1ccc(Cl)cc1. The first-order valence-electron chi connectivity index (χ1n) is 5.44. The number of halogens is 1. The number of nitrogens with one attached hydrogen (secondary N) is 1. The highest BCUT2D eigenvalue weighted by Gasteiger charge is 2.18. The van der Waals surface area contributed by atoms with Gasteiger partial charge in [0.1, 0.15) is 0 Å². The molecule has 0 aliphatic carbocycles. The minimum Gasteiger partial charge on any atom is -0.335 e. The van der Waals surface area contributed by atoms with Crippen molar-refractivity contribution < 1.29 is 9.59 Å². The molecule has 0 aliphatic rings. The number of carbonyl (C=O) groups is 2. The maximum absolute atomic E-state index is 11.7. The molecule has 0 aromatic heterocycles. The Balaban J connectivity index is 2.66. The van der Waals surface area contributed by atoms with E-state index >= 15 is 0 Å². The van der Waals surface area contributed by atoms with Crippen molar-refractivity contribution in [3.8, 4) is 0 Å². The number of hydrogen-bond acceptors (Lipinski definition) is 2. The third-order valence-electron chi connectivity index (χ3n) is 2.35. The molecule has 0 heterocycles. The molecular weight excluding hydrogens is 240 g/mol. The number of nitrogens with zero attached hydrogens (tertiary/aromatic N) is 1. The zero-order valence-corrected chi connectivity index (χ0v) is 10.6. The van der Waals surface area contributed by atoms with Crippen molar-refractivity contribution in [1.82, 2.24) is 4.90 Å². The molecule has 0 fully saturated rings. The summed E-state index contributed by atoms with van der Waals surface area (Å²) >= 11 is 5.72. The van der Waals surface area contributed by atoms with Crippen molar-refractivity contribution in [3.05, 3.63) is 29.3 Å². The van der Waals surface area contributed by atoms with E-state index in [4.69, 9.17) is 11.6 Å². The molecule has 0 aliphatic heterocycles. The van der Waals surface area contributed by atoms with Gasteiger partial charge in [-0.1, -0.05) is 11.6 Å². The van der Waals surface area contributed by atoms with Crippen molar-refractivity contribution >= 4 is 29.1 Å². The van der Waals surface area contributed by atoms with Crippen LogP contribution in [0.1, 0.15) is 13.8 Å². The first-order chi connectivity index (χ1) is 8.08. The molecular formula is C12H15ClN2O2. The van der Waals surface area contributed by atoms with Crippen LogP contribution in [0.3, 0.4) is 0 Å². The Labute approximate surface area is 106 Å². The van der Waals surface area contributed by atoms with Gasteiger partial charge < -0.3 is 10.2 Å². The van der Waals surface area contributed by atoms with Gasteiger partial charge in [0.05, 0.1) is 0 Å². The van der Waals surface area contributed by atoms with Gasteiger partial charge in [-0.15, -0.1) is 0 Å². The Morgan fingerprint density at radius 1 is 1.18 bits per heavy atom. The zero-order valence-electron chi connectivity index (χ0n) is 9.87. The largest absolute Gasteiger partial charge is 0.335 e.